The van der Waals surface area contributed by atoms with Crippen LogP contribution in [0.15, 0.2) is 0 Å². The molecule has 0 nitrogen and oxygen atoms in total. The smallest absolute Gasteiger partial charge is 0.0327 e. The van der Waals surface area contributed by atoms with E-state index in [1.807, 2.05) is 0 Å². The summed E-state index contributed by atoms with van der Waals surface area (Å²) in [4.78, 5) is 0. The molecule has 0 bridgehead atoms. The molecule has 0 aromatic carbocycles. The molecule has 0 aliphatic carbocycles. The van der Waals surface area contributed by atoms with Crippen LogP contribution in [0.1, 0.15) is 85.5 Å². The summed E-state index contributed by atoms with van der Waals surface area (Å²) in [5.74, 6) is 1.70. The molecule has 0 N–H and O–H groups in total. The fraction of sp³-hybridized carbons (Fsp3) is 0.938. The Labute approximate surface area is 104 Å². The minimum atomic E-state index is 0.832. The van der Waals surface area contributed by atoms with E-state index in [2.05, 4.69) is 34.1 Å². The molecule has 2 atom stereocenters. The van der Waals surface area contributed by atoms with Gasteiger partial charge in [0.25, 0.3) is 0 Å². The van der Waals surface area contributed by atoms with Crippen LogP contribution in [0.2, 0.25) is 0 Å². The van der Waals surface area contributed by atoms with Crippen LogP contribution < -0.4 is 0 Å². The molecule has 0 rings (SSSR count). The first-order valence-corrected chi connectivity index (χ1v) is 7.59. The standard InChI is InChI=1S/C16H33/c1-5-8-9-10-11-13-15(4)14-16(7-3)12-6-2/h14-16H,5-13H2,1-4H3. The third kappa shape index (κ3) is 9.24. The molecule has 2 unspecified atom stereocenters. The molecule has 1 radical (unpaired) electrons. The van der Waals surface area contributed by atoms with Crippen LogP contribution in [0.4, 0.5) is 0 Å². The number of unbranched alkanes of at least 4 members (excludes halogenated alkanes) is 4. The molecule has 0 heteroatoms. The van der Waals surface area contributed by atoms with Gasteiger partial charge in [0.05, 0.1) is 0 Å². The van der Waals surface area contributed by atoms with Crippen molar-refractivity contribution in [1.29, 1.82) is 0 Å². The highest BCUT2D eigenvalue weighted by Crippen LogP contribution is 2.23. The van der Waals surface area contributed by atoms with Gasteiger partial charge in [-0.3, -0.25) is 0 Å². The maximum absolute atomic E-state index is 2.61. The molecule has 97 valence electrons. The van der Waals surface area contributed by atoms with E-state index in [1.165, 1.54) is 57.8 Å². The quantitative estimate of drug-likeness (QED) is 0.377. The van der Waals surface area contributed by atoms with Crippen molar-refractivity contribution in [3.8, 4) is 0 Å². The summed E-state index contributed by atoms with van der Waals surface area (Å²) in [6, 6.07) is 0. The summed E-state index contributed by atoms with van der Waals surface area (Å²) in [5.41, 5.74) is 0. The molecule has 0 fully saturated rings. The van der Waals surface area contributed by atoms with E-state index in [0.717, 1.165) is 11.8 Å². The van der Waals surface area contributed by atoms with E-state index < -0.39 is 0 Å². The van der Waals surface area contributed by atoms with E-state index >= 15 is 0 Å². The summed E-state index contributed by atoms with van der Waals surface area (Å²) in [6.07, 6.45) is 15.2. The van der Waals surface area contributed by atoms with Crippen LogP contribution in [0.3, 0.4) is 0 Å². The van der Waals surface area contributed by atoms with Crippen LogP contribution in [0.25, 0.3) is 0 Å². The van der Waals surface area contributed by atoms with Crippen molar-refractivity contribution >= 4 is 0 Å². The van der Waals surface area contributed by atoms with E-state index in [-0.39, 0.29) is 0 Å². The Balaban J connectivity index is 3.44. The normalized spacial score (nSPS) is 15.0. The number of hydrogen-bond acceptors (Lipinski definition) is 0. The van der Waals surface area contributed by atoms with Gasteiger partial charge in [-0.25, -0.2) is 0 Å². The van der Waals surface area contributed by atoms with Gasteiger partial charge in [-0.15, -0.1) is 0 Å². The Morgan fingerprint density at radius 3 is 2.06 bits per heavy atom. The third-order valence-corrected chi connectivity index (χ3v) is 3.55. The van der Waals surface area contributed by atoms with E-state index in [0.29, 0.717) is 0 Å². The van der Waals surface area contributed by atoms with Crippen LogP contribution in [-0.4, -0.2) is 0 Å². The number of rotatable bonds is 11. The lowest BCUT2D eigenvalue weighted by atomic mass is 9.87. The summed E-state index contributed by atoms with van der Waals surface area (Å²) >= 11 is 0. The van der Waals surface area contributed by atoms with Gasteiger partial charge < -0.3 is 0 Å². The van der Waals surface area contributed by atoms with Crippen molar-refractivity contribution in [3.05, 3.63) is 6.42 Å². The molecule has 16 heavy (non-hydrogen) atoms. The van der Waals surface area contributed by atoms with Crippen molar-refractivity contribution in [2.75, 3.05) is 0 Å². The van der Waals surface area contributed by atoms with Gasteiger partial charge in [0, 0.05) is 0 Å². The Kier molecular flexibility index (Phi) is 11.5. The van der Waals surface area contributed by atoms with Crippen LogP contribution >= 0.6 is 0 Å². The van der Waals surface area contributed by atoms with Crippen LogP contribution in [0.5, 0.6) is 0 Å². The van der Waals surface area contributed by atoms with Crippen molar-refractivity contribution in [3.63, 3.8) is 0 Å². The topological polar surface area (TPSA) is 0 Å². The molecule has 0 aliphatic rings. The van der Waals surface area contributed by atoms with Crippen molar-refractivity contribution in [2.24, 2.45) is 11.8 Å². The molecule has 0 aromatic heterocycles. The van der Waals surface area contributed by atoms with Crippen molar-refractivity contribution < 1.29 is 0 Å². The van der Waals surface area contributed by atoms with Crippen LogP contribution in [0, 0.1) is 18.3 Å². The van der Waals surface area contributed by atoms with Gasteiger partial charge in [-0.2, -0.15) is 0 Å². The minimum absolute atomic E-state index is 0.832. The Morgan fingerprint density at radius 1 is 0.812 bits per heavy atom. The predicted molar refractivity (Wildman–Crippen MR) is 75.5 cm³/mol. The van der Waals surface area contributed by atoms with Gasteiger partial charge in [-0.1, -0.05) is 85.5 Å². The lowest BCUT2D eigenvalue weighted by molar-refractivity contribution is 0.435. The molecular weight excluding hydrogens is 192 g/mol. The second-order valence-electron chi connectivity index (χ2n) is 5.33. The van der Waals surface area contributed by atoms with Gasteiger partial charge in [0.2, 0.25) is 0 Å². The molecule has 0 saturated heterocycles. The van der Waals surface area contributed by atoms with Gasteiger partial charge in [0.15, 0.2) is 0 Å². The zero-order valence-electron chi connectivity index (χ0n) is 12.1. The van der Waals surface area contributed by atoms with E-state index in [4.69, 9.17) is 0 Å². The molecule has 0 heterocycles. The number of hydrogen-bond donors (Lipinski definition) is 0. The Morgan fingerprint density at radius 2 is 1.50 bits per heavy atom. The first kappa shape index (κ1) is 16.0. The fourth-order valence-corrected chi connectivity index (χ4v) is 2.44. The molecule has 0 amide bonds. The highest BCUT2D eigenvalue weighted by molar-refractivity contribution is 4.80. The van der Waals surface area contributed by atoms with Crippen molar-refractivity contribution in [2.45, 2.75) is 85.5 Å². The molecule has 0 aliphatic heterocycles. The third-order valence-electron chi connectivity index (χ3n) is 3.55. The second-order valence-corrected chi connectivity index (χ2v) is 5.33. The van der Waals surface area contributed by atoms with Crippen LogP contribution in [-0.2, 0) is 0 Å². The first-order valence-electron chi connectivity index (χ1n) is 7.59. The lowest BCUT2D eigenvalue weighted by Gasteiger charge is -2.18. The summed E-state index contributed by atoms with van der Waals surface area (Å²) in [6.45, 7) is 9.31. The largest absolute Gasteiger partial charge is 0.0654 e. The monoisotopic (exact) mass is 225 g/mol. The van der Waals surface area contributed by atoms with Gasteiger partial charge in [-0.05, 0) is 18.3 Å². The fourth-order valence-electron chi connectivity index (χ4n) is 2.44. The highest BCUT2D eigenvalue weighted by Gasteiger charge is 2.10. The molecule has 0 spiro atoms. The lowest BCUT2D eigenvalue weighted by Crippen LogP contribution is -2.06. The predicted octanol–water partition coefficient (Wildman–Crippen LogP) is 6.01. The minimum Gasteiger partial charge on any atom is -0.0654 e. The average Bonchev–Trinajstić information content (AvgIpc) is 2.28. The Bertz CT molecular complexity index is 128. The molecular formula is C16H33. The van der Waals surface area contributed by atoms with Gasteiger partial charge in [0.1, 0.15) is 0 Å². The zero-order chi connectivity index (χ0) is 12.2. The highest BCUT2D eigenvalue weighted by atomic mass is 14.2. The average molecular weight is 225 g/mol. The van der Waals surface area contributed by atoms with Crippen molar-refractivity contribution in [1.82, 2.24) is 0 Å². The van der Waals surface area contributed by atoms with Gasteiger partial charge >= 0.3 is 0 Å². The van der Waals surface area contributed by atoms with E-state index in [1.54, 1.807) is 0 Å². The zero-order valence-corrected chi connectivity index (χ0v) is 12.1. The second kappa shape index (κ2) is 11.5. The van der Waals surface area contributed by atoms with E-state index in [9.17, 15) is 0 Å². The summed E-state index contributed by atoms with van der Waals surface area (Å²) < 4.78 is 0. The first-order chi connectivity index (χ1) is 7.74. The molecule has 0 saturated carbocycles. The maximum atomic E-state index is 2.61. The maximum Gasteiger partial charge on any atom is -0.0327 e. The summed E-state index contributed by atoms with van der Waals surface area (Å²) in [7, 11) is 0. The molecule has 0 aromatic rings. The Hall–Kier alpha value is 0. The SMILES string of the molecule is CCCCCCCC(C)[CH]C(CC)CCC. The summed E-state index contributed by atoms with van der Waals surface area (Å²) in [5, 5.41) is 0.